The van der Waals surface area contributed by atoms with Crippen molar-refractivity contribution in [2.45, 2.75) is 0 Å². The van der Waals surface area contributed by atoms with E-state index in [4.69, 9.17) is 4.74 Å². The Morgan fingerprint density at radius 2 is 2.40 bits per heavy atom. The van der Waals surface area contributed by atoms with E-state index in [9.17, 15) is 4.79 Å². The number of methoxy groups -OCH3 is 1. The summed E-state index contributed by atoms with van der Waals surface area (Å²) in [4.78, 5) is 22.0. The zero-order valence-corrected chi connectivity index (χ0v) is 8.26. The van der Waals surface area contributed by atoms with Crippen LogP contribution in [0.3, 0.4) is 0 Å². The molecule has 0 aromatic carbocycles. The molecule has 6 nitrogen and oxygen atoms in total. The lowest BCUT2D eigenvalue weighted by atomic mass is 10.4. The number of aromatic nitrogens is 3. The maximum absolute atomic E-state index is 10.2. The quantitative estimate of drug-likeness (QED) is 0.539. The molecule has 6 heteroatoms. The van der Waals surface area contributed by atoms with E-state index < -0.39 is 0 Å². The molecule has 0 aliphatic carbocycles. The maximum Gasteiger partial charge on any atom is 0.240 e. The first-order valence-electron chi connectivity index (χ1n) is 4.20. The van der Waals surface area contributed by atoms with Gasteiger partial charge in [0.2, 0.25) is 12.0 Å². The fourth-order valence-electron chi connectivity index (χ4n) is 1.33. The molecule has 0 radical (unpaired) electrons. The van der Waals surface area contributed by atoms with Gasteiger partial charge >= 0.3 is 0 Å². The normalized spacial score (nSPS) is 10.0. The highest BCUT2D eigenvalue weighted by molar-refractivity contribution is 5.86. The minimum atomic E-state index is 0.385. The van der Waals surface area contributed by atoms with Crippen LogP contribution in [0.5, 0.6) is 5.88 Å². The summed E-state index contributed by atoms with van der Waals surface area (Å²) >= 11 is 0. The Morgan fingerprint density at radius 1 is 1.60 bits per heavy atom. The largest absolute Gasteiger partial charge is 0.480 e. The lowest BCUT2D eigenvalue weighted by molar-refractivity contribution is 0.397. The summed E-state index contributed by atoms with van der Waals surface area (Å²) in [5.74, 6) is 0.385. The summed E-state index contributed by atoms with van der Waals surface area (Å²) in [7, 11) is 3.30. The molecule has 0 N–H and O–H groups in total. The van der Waals surface area contributed by atoms with Crippen LogP contribution in [0.1, 0.15) is 0 Å². The Balaban J connectivity index is 2.76. The highest BCUT2D eigenvalue weighted by Crippen LogP contribution is 2.25. The first kappa shape index (κ1) is 9.36. The van der Waals surface area contributed by atoms with Gasteiger partial charge in [0.25, 0.3) is 0 Å². The van der Waals surface area contributed by atoms with Crippen molar-refractivity contribution >= 4 is 22.9 Å². The molecule has 15 heavy (non-hydrogen) atoms. The molecule has 0 unspecified atom stereocenters. The van der Waals surface area contributed by atoms with E-state index in [-0.39, 0.29) is 0 Å². The lowest BCUT2D eigenvalue weighted by Gasteiger charge is -1.97. The number of isocyanates is 1. The number of rotatable bonds is 2. The van der Waals surface area contributed by atoms with Crippen molar-refractivity contribution in [1.29, 1.82) is 0 Å². The minimum Gasteiger partial charge on any atom is -0.480 e. The molecule has 0 atom stereocenters. The third-order valence-corrected chi connectivity index (χ3v) is 2.00. The molecule has 0 aliphatic rings. The van der Waals surface area contributed by atoms with Gasteiger partial charge in [-0.3, -0.25) is 0 Å². The van der Waals surface area contributed by atoms with Gasteiger partial charge in [0.1, 0.15) is 11.2 Å². The van der Waals surface area contributed by atoms with Crippen LogP contribution >= 0.6 is 0 Å². The van der Waals surface area contributed by atoms with Crippen LogP contribution in [0.25, 0.3) is 11.2 Å². The third kappa shape index (κ3) is 1.47. The average Bonchev–Trinajstić information content (AvgIpc) is 2.56. The van der Waals surface area contributed by atoms with Crippen LogP contribution in [0.4, 0.5) is 5.69 Å². The monoisotopic (exact) mass is 204 g/mol. The standard InChI is InChI=1S/C9H8N4O2/c1-13-4-6(11-5-14)8-9(13)10-3-7(12-8)15-2/h3-4H,1-2H3. The van der Waals surface area contributed by atoms with E-state index in [1.54, 1.807) is 17.8 Å². The van der Waals surface area contributed by atoms with Gasteiger partial charge in [-0.05, 0) is 0 Å². The van der Waals surface area contributed by atoms with Crippen molar-refractivity contribution in [3.63, 3.8) is 0 Å². The van der Waals surface area contributed by atoms with Gasteiger partial charge in [0, 0.05) is 13.2 Å². The van der Waals surface area contributed by atoms with Crippen molar-refractivity contribution in [2.75, 3.05) is 7.11 Å². The van der Waals surface area contributed by atoms with Gasteiger partial charge in [-0.2, -0.15) is 4.99 Å². The van der Waals surface area contributed by atoms with Crippen molar-refractivity contribution in [1.82, 2.24) is 14.5 Å². The van der Waals surface area contributed by atoms with E-state index in [0.717, 1.165) is 0 Å². The highest BCUT2D eigenvalue weighted by Gasteiger charge is 2.09. The summed E-state index contributed by atoms with van der Waals surface area (Å²) < 4.78 is 6.68. The summed E-state index contributed by atoms with van der Waals surface area (Å²) in [6, 6.07) is 0. The first-order chi connectivity index (χ1) is 7.26. The molecule has 2 aromatic heterocycles. The molecule has 0 aliphatic heterocycles. The Hall–Kier alpha value is -2.20. The topological polar surface area (TPSA) is 69.4 Å². The van der Waals surface area contributed by atoms with Crippen LogP contribution in [-0.4, -0.2) is 27.7 Å². The van der Waals surface area contributed by atoms with E-state index in [1.807, 2.05) is 0 Å². The van der Waals surface area contributed by atoms with E-state index in [2.05, 4.69) is 15.0 Å². The molecule has 0 amide bonds. The van der Waals surface area contributed by atoms with E-state index in [0.29, 0.717) is 22.7 Å². The summed E-state index contributed by atoms with van der Waals surface area (Å²) in [5, 5.41) is 0. The van der Waals surface area contributed by atoms with Crippen LogP contribution in [0.2, 0.25) is 0 Å². The maximum atomic E-state index is 10.2. The fourth-order valence-corrected chi connectivity index (χ4v) is 1.33. The fraction of sp³-hybridized carbons (Fsp3) is 0.222. The second-order valence-electron chi connectivity index (χ2n) is 2.91. The zero-order valence-electron chi connectivity index (χ0n) is 8.26. The Kier molecular flexibility index (Phi) is 2.19. The average molecular weight is 204 g/mol. The molecule has 2 heterocycles. The summed E-state index contributed by atoms with van der Waals surface area (Å²) in [5.41, 5.74) is 1.61. The number of hydrogen-bond acceptors (Lipinski definition) is 5. The number of nitrogens with zero attached hydrogens (tertiary/aromatic N) is 4. The molecular formula is C9H8N4O2. The third-order valence-electron chi connectivity index (χ3n) is 2.00. The van der Waals surface area contributed by atoms with E-state index in [1.165, 1.54) is 19.4 Å². The molecule has 0 bridgehead atoms. The number of ether oxygens (including phenoxy) is 1. The smallest absolute Gasteiger partial charge is 0.240 e. The Labute approximate surface area is 85.2 Å². The first-order valence-corrected chi connectivity index (χ1v) is 4.20. The molecule has 2 aromatic rings. The van der Waals surface area contributed by atoms with Crippen molar-refractivity contribution in [3.05, 3.63) is 12.4 Å². The van der Waals surface area contributed by atoms with Gasteiger partial charge in [0.05, 0.1) is 13.3 Å². The SMILES string of the molecule is COc1cnc2c(n1)c(N=C=O)cn2C. The predicted octanol–water partition coefficient (Wildman–Crippen LogP) is 0.944. The molecule has 0 fully saturated rings. The zero-order chi connectivity index (χ0) is 10.8. The Bertz CT molecular complexity index is 554. The summed E-state index contributed by atoms with van der Waals surface area (Å²) in [6.45, 7) is 0. The minimum absolute atomic E-state index is 0.385. The number of aliphatic imine (C=N–C) groups is 1. The van der Waals surface area contributed by atoms with Gasteiger partial charge < -0.3 is 9.30 Å². The van der Waals surface area contributed by atoms with Gasteiger partial charge in [0.15, 0.2) is 5.65 Å². The van der Waals surface area contributed by atoms with Gasteiger partial charge in [-0.15, -0.1) is 0 Å². The van der Waals surface area contributed by atoms with Crippen LogP contribution in [-0.2, 0) is 11.8 Å². The second kappa shape index (κ2) is 3.51. The number of aryl methyl sites for hydroxylation is 1. The van der Waals surface area contributed by atoms with Crippen LogP contribution < -0.4 is 4.74 Å². The molecule has 0 saturated carbocycles. The highest BCUT2D eigenvalue weighted by atomic mass is 16.5. The molecule has 2 rings (SSSR count). The van der Waals surface area contributed by atoms with Crippen molar-refractivity contribution in [2.24, 2.45) is 12.0 Å². The summed E-state index contributed by atoms with van der Waals surface area (Å²) in [6.07, 6.45) is 4.65. The predicted molar refractivity (Wildman–Crippen MR) is 52.8 cm³/mol. The van der Waals surface area contributed by atoms with Gasteiger partial charge in [-0.25, -0.2) is 14.8 Å². The van der Waals surface area contributed by atoms with Crippen LogP contribution in [0.15, 0.2) is 17.4 Å². The number of hydrogen-bond donors (Lipinski definition) is 0. The second-order valence-corrected chi connectivity index (χ2v) is 2.91. The van der Waals surface area contributed by atoms with E-state index >= 15 is 0 Å². The number of carbonyl (C=O) groups excluding carboxylic acids is 1. The molecule has 0 spiro atoms. The van der Waals surface area contributed by atoms with Crippen LogP contribution in [0, 0.1) is 0 Å². The van der Waals surface area contributed by atoms with Crippen molar-refractivity contribution in [3.8, 4) is 5.88 Å². The molecular weight excluding hydrogens is 196 g/mol. The number of fused-ring (bicyclic) bond motifs is 1. The Morgan fingerprint density at radius 3 is 3.07 bits per heavy atom. The van der Waals surface area contributed by atoms with Crippen molar-refractivity contribution < 1.29 is 9.53 Å². The van der Waals surface area contributed by atoms with Gasteiger partial charge in [-0.1, -0.05) is 0 Å². The lowest BCUT2D eigenvalue weighted by Crippen LogP contribution is -1.92. The molecule has 76 valence electrons. The molecule has 0 saturated heterocycles.